The van der Waals surface area contributed by atoms with Gasteiger partial charge in [-0.2, -0.15) is 4.31 Å². The maximum atomic E-state index is 12.9. The molecule has 1 atom stereocenters. The van der Waals surface area contributed by atoms with Crippen LogP contribution < -0.4 is 5.32 Å². The van der Waals surface area contributed by atoms with Crippen LogP contribution in [-0.4, -0.2) is 67.3 Å². The molecule has 10 heteroatoms. The molecule has 0 aliphatic carbocycles. The Hall–Kier alpha value is -1.68. The van der Waals surface area contributed by atoms with Gasteiger partial charge in [0.2, 0.25) is 15.9 Å². The molecule has 28 heavy (non-hydrogen) atoms. The van der Waals surface area contributed by atoms with E-state index in [9.17, 15) is 18.0 Å². The van der Waals surface area contributed by atoms with Crippen molar-refractivity contribution in [2.45, 2.75) is 43.7 Å². The number of nitrogens with zero attached hydrogens (tertiary/aromatic N) is 2. The molecule has 1 aromatic carbocycles. The number of piperidine rings is 1. The van der Waals surface area contributed by atoms with E-state index in [0.717, 1.165) is 19.3 Å². The van der Waals surface area contributed by atoms with Gasteiger partial charge >= 0.3 is 5.97 Å². The number of hydrogen-bond acceptors (Lipinski definition) is 5. The highest BCUT2D eigenvalue weighted by molar-refractivity contribution is 7.89. The fraction of sp³-hybridized carbons (Fsp3) is 0.556. The van der Waals surface area contributed by atoms with E-state index < -0.39 is 22.0 Å². The monoisotopic (exact) mass is 433 g/mol. The van der Waals surface area contributed by atoms with Crippen LogP contribution in [0.5, 0.6) is 0 Å². The summed E-state index contributed by atoms with van der Waals surface area (Å²) in [6, 6.07) is 5.85. The number of hydrogen-bond donors (Lipinski definition) is 2. The summed E-state index contributed by atoms with van der Waals surface area (Å²) in [7, 11) is -2.05. The van der Waals surface area contributed by atoms with E-state index in [2.05, 4.69) is 5.32 Å². The molecule has 1 saturated heterocycles. The van der Waals surface area contributed by atoms with Gasteiger partial charge in [0.05, 0.1) is 11.4 Å². The number of halogens is 1. The Bertz CT molecular complexity index is 781. The van der Waals surface area contributed by atoms with Gasteiger partial charge in [0.1, 0.15) is 6.04 Å². The second kappa shape index (κ2) is 10.8. The van der Waals surface area contributed by atoms with Crippen LogP contribution in [-0.2, 0) is 26.2 Å². The SMILES string of the molecule is CC(C(=O)O)N(C)CC(=O)NCc1ccccc1S(=O)(=O)N1CCCCC1.Cl. The molecule has 0 spiro atoms. The summed E-state index contributed by atoms with van der Waals surface area (Å²) < 4.78 is 27.4. The first-order chi connectivity index (χ1) is 12.7. The second-order valence-corrected chi connectivity index (χ2v) is 8.68. The van der Waals surface area contributed by atoms with Crippen LogP contribution in [0.25, 0.3) is 0 Å². The van der Waals surface area contributed by atoms with Crippen molar-refractivity contribution in [3.63, 3.8) is 0 Å². The lowest BCUT2D eigenvalue weighted by molar-refractivity contribution is -0.142. The third-order valence-electron chi connectivity index (χ3n) is 4.79. The molecule has 0 radical (unpaired) electrons. The van der Waals surface area contributed by atoms with E-state index in [0.29, 0.717) is 18.7 Å². The van der Waals surface area contributed by atoms with Crippen molar-refractivity contribution < 1.29 is 23.1 Å². The van der Waals surface area contributed by atoms with Gasteiger partial charge in [0.25, 0.3) is 0 Å². The van der Waals surface area contributed by atoms with Gasteiger partial charge in [-0.05, 0) is 38.4 Å². The topological polar surface area (TPSA) is 107 Å². The van der Waals surface area contributed by atoms with Crippen molar-refractivity contribution in [2.24, 2.45) is 0 Å². The smallest absolute Gasteiger partial charge is 0.320 e. The molecule has 2 rings (SSSR count). The first-order valence-electron chi connectivity index (χ1n) is 9.01. The first kappa shape index (κ1) is 24.4. The number of amides is 1. The number of rotatable bonds is 8. The van der Waals surface area contributed by atoms with Gasteiger partial charge in [0.15, 0.2) is 0 Å². The lowest BCUT2D eigenvalue weighted by Crippen LogP contribution is -2.42. The summed E-state index contributed by atoms with van der Waals surface area (Å²) in [5, 5.41) is 11.7. The van der Waals surface area contributed by atoms with Crippen LogP contribution in [0.4, 0.5) is 0 Å². The van der Waals surface area contributed by atoms with E-state index in [1.807, 2.05) is 0 Å². The normalized spacial score (nSPS) is 16.2. The maximum absolute atomic E-state index is 12.9. The van der Waals surface area contributed by atoms with Crippen molar-refractivity contribution in [1.82, 2.24) is 14.5 Å². The van der Waals surface area contributed by atoms with Gasteiger partial charge in [0, 0.05) is 19.6 Å². The molecule has 2 N–H and O–H groups in total. The Morgan fingerprint density at radius 3 is 2.43 bits per heavy atom. The highest BCUT2D eigenvalue weighted by atomic mass is 35.5. The summed E-state index contributed by atoms with van der Waals surface area (Å²) in [6.07, 6.45) is 2.74. The van der Waals surface area contributed by atoms with Crippen LogP contribution in [0.2, 0.25) is 0 Å². The fourth-order valence-electron chi connectivity index (χ4n) is 2.95. The quantitative estimate of drug-likeness (QED) is 0.640. The summed E-state index contributed by atoms with van der Waals surface area (Å²) in [6.45, 7) is 2.50. The summed E-state index contributed by atoms with van der Waals surface area (Å²) in [5.74, 6) is -1.38. The van der Waals surface area contributed by atoms with Gasteiger partial charge < -0.3 is 10.4 Å². The van der Waals surface area contributed by atoms with Crippen LogP contribution in [0, 0.1) is 0 Å². The number of carbonyl (C=O) groups excluding carboxylic acids is 1. The van der Waals surface area contributed by atoms with Gasteiger partial charge in [-0.3, -0.25) is 14.5 Å². The third-order valence-corrected chi connectivity index (χ3v) is 6.79. The van der Waals surface area contributed by atoms with E-state index in [1.165, 1.54) is 16.1 Å². The van der Waals surface area contributed by atoms with Crippen LogP contribution >= 0.6 is 12.4 Å². The van der Waals surface area contributed by atoms with Gasteiger partial charge in [-0.1, -0.05) is 24.6 Å². The predicted molar refractivity (Wildman–Crippen MR) is 108 cm³/mol. The van der Waals surface area contributed by atoms with Gasteiger partial charge in [-0.15, -0.1) is 12.4 Å². The molecule has 1 aliphatic heterocycles. The number of carbonyl (C=O) groups is 2. The largest absolute Gasteiger partial charge is 0.480 e. The molecule has 8 nitrogen and oxygen atoms in total. The highest BCUT2D eigenvalue weighted by Crippen LogP contribution is 2.23. The Morgan fingerprint density at radius 1 is 1.21 bits per heavy atom. The molecule has 1 unspecified atom stereocenters. The molecule has 1 aliphatic rings. The Balaban J connectivity index is 0.00000392. The number of benzene rings is 1. The molecule has 1 amide bonds. The van der Waals surface area contributed by atoms with E-state index in [4.69, 9.17) is 5.11 Å². The summed E-state index contributed by atoms with van der Waals surface area (Å²) in [4.78, 5) is 24.7. The van der Waals surface area contributed by atoms with E-state index >= 15 is 0 Å². The van der Waals surface area contributed by atoms with Crippen molar-refractivity contribution >= 4 is 34.3 Å². The number of aliphatic carboxylic acids is 1. The van der Waals surface area contributed by atoms with Crippen molar-refractivity contribution in [1.29, 1.82) is 0 Å². The minimum Gasteiger partial charge on any atom is -0.480 e. The first-order valence-corrected chi connectivity index (χ1v) is 10.5. The molecule has 0 bridgehead atoms. The van der Waals surface area contributed by atoms with Gasteiger partial charge in [-0.25, -0.2) is 8.42 Å². The molecule has 1 heterocycles. The minimum absolute atomic E-state index is 0. The van der Waals surface area contributed by atoms with E-state index in [-0.39, 0.29) is 36.3 Å². The number of nitrogens with one attached hydrogen (secondary N) is 1. The molecule has 0 aromatic heterocycles. The molecule has 1 fully saturated rings. The predicted octanol–water partition coefficient (Wildman–Crippen LogP) is 1.30. The summed E-state index contributed by atoms with van der Waals surface area (Å²) >= 11 is 0. The van der Waals surface area contributed by atoms with Crippen molar-refractivity contribution in [3.8, 4) is 0 Å². The number of likely N-dealkylation sites (N-methyl/N-ethyl adjacent to an activating group) is 1. The van der Waals surface area contributed by atoms with Crippen LogP contribution in [0.15, 0.2) is 29.2 Å². The molecular weight excluding hydrogens is 406 g/mol. The number of carboxylic acid groups (broad SMARTS) is 1. The second-order valence-electron chi connectivity index (χ2n) is 6.78. The standard InChI is InChI=1S/C18H27N3O5S.ClH/c1-14(18(23)24)20(2)13-17(22)19-12-15-8-4-5-9-16(15)27(25,26)21-10-6-3-7-11-21;/h4-5,8-9,14H,3,6-7,10-13H2,1-2H3,(H,19,22)(H,23,24);1H. The highest BCUT2D eigenvalue weighted by Gasteiger charge is 2.28. The zero-order chi connectivity index (χ0) is 20.0. The minimum atomic E-state index is -3.59. The molecular formula is C18H28ClN3O5S. The Labute approximate surface area is 172 Å². The van der Waals surface area contributed by atoms with Crippen molar-refractivity contribution in [3.05, 3.63) is 29.8 Å². The Kier molecular flexibility index (Phi) is 9.35. The number of sulfonamides is 1. The van der Waals surface area contributed by atoms with Crippen LogP contribution in [0.1, 0.15) is 31.7 Å². The fourth-order valence-corrected chi connectivity index (χ4v) is 4.69. The maximum Gasteiger partial charge on any atom is 0.320 e. The summed E-state index contributed by atoms with van der Waals surface area (Å²) in [5.41, 5.74) is 0.519. The molecule has 1 aromatic rings. The lowest BCUT2D eigenvalue weighted by Gasteiger charge is -2.27. The number of carboxylic acids is 1. The Morgan fingerprint density at radius 2 is 1.82 bits per heavy atom. The van der Waals surface area contributed by atoms with E-state index in [1.54, 1.807) is 31.3 Å². The molecule has 0 saturated carbocycles. The molecule has 158 valence electrons. The average Bonchev–Trinajstić information content (AvgIpc) is 2.66. The lowest BCUT2D eigenvalue weighted by atomic mass is 10.2. The van der Waals surface area contributed by atoms with Crippen LogP contribution in [0.3, 0.4) is 0 Å². The van der Waals surface area contributed by atoms with Crippen molar-refractivity contribution in [2.75, 3.05) is 26.7 Å². The zero-order valence-electron chi connectivity index (χ0n) is 16.1. The zero-order valence-corrected chi connectivity index (χ0v) is 17.8. The third kappa shape index (κ3) is 6.16. The average molecular weight is 434 g/mol.